The van der Waals surface area contributed by atoms with E-state index in [0.717, 1.165) is 0 Å². The number of nitrogens with zero attached hydrogens (tertiary/aromatic N) is 1. The van der Waals surface area contributed by atoms with Gasteiger partial charge < -0.3 is 14.4 Å². The molecular weight excluding hydrogens is 334 g/mol. The molecule has 1 aromatic rings. The van der Waals surface area contributed by atoms with Gasteiger partial charge in [0.15, 0.2) is 9.84 Å². The Balaban J connectivity index is 2.25. The predicted octanol–water partition coefficient (Wildman–Crippen LogP) is 0.639. The van der Waals surface area contributed by atoms with Gasteiger partial charge in [-0.1, -0.05) is 18.2 Å². The van der Waals surface area contributed by atoms with Gasteiger partial charge in [0.25, 0.3) is 0 Å². The fourth-order valence-electron chi connectivity index (χ4n) is 2.79. The highest BCUT2D eigenvalue weighted by Crippen LogP contribution is 2.29. The van der Waals surface area contributed by atoms with Gasteiger partial charge in [-0.15, -0.1) is 0 Å². The van der Waals surface area contributed by atoms with Gasteiger partial charge in [-0.2, -0.15) is 0 Å². The first-order valence-electron chi connectivity index (χ1n) is 7.57. The summed E-state index contributed by atoms with van der Waals surface area (Å²) in [6.45, 7) is 0.179. The van der Waals surface area contributed by atoms with Gasteiger partial charge in [-0.25, -0.2) is 13.2 Å². The normalized spacial score (nSPS) is 20.8. The summed E-state index contributed by atoms with van der Waals surface area (Å²) in [5, 5.41) is -0.838. The molecule has 0 saturated carbocycles. The molecule has 1 heterocycles. The van der Waals surface area contributed by atoms with Crippen LogP contribution in [0.2, 0.25) is 0 Å². The van der Waals surface area contributed by atoms with E-state index >= 15 is 0 Å². The van der Waals surface area contributed by atoms with Crippen molar-refractivity contribution >= 4 is 21.7 Å². The van der Waals surface area contributed by atoms with E-state index in [9.17, 15) is 18.0 Å². The second-order valence-corrected chi connectivity index (χ2v) is 7.77. The zero-order chi connectivity index (χ0) is 17.7. The first kappa shape index (κ1) is 18.4. The molecule has 0 aromatic heterocycles. The summed E-state index contributed by atoms with van der Waals surface area (Å²) in [4.78, 5) is 25.7. The lowest BCUT2D eigenvalue weighted by Gasteiger charge is -2.22. The molecule has 1 aliphatic rings. The average molecular weight is 355 g/mol. The van der Waals surface area contributed by atoms with Gasteiger partial charge in [0.1, 0.15) is 6.04 Å². The Morgan fingerprint density at radius 1 is 1.21 bits per heavy atom. The third kappa shape index (κ3) is 3.76. The molecule has 7 nitrogen and oxygen atoms in total. The number of hydrogen-bond donors (Lipinski definition) is 0. The lowest BCUT2D eigenvalue weighted by Crippen LogP contribution is -2.41. The molecule has 0 N–H and O–H groups in total. The smallest absolute Gasteiger partial charge is 0.328 e. The number of ether oxygens (including phenoxy) is 2. The number of carbonyl (C=O) groups is 2. The number of rotatable bonds is 6. The highest BCUT2D eigenvalue weighted by Gasteiger charge is 2.45. The van der Waals surface area contributed by atoms with Crippen LogP contribution in [0.25, 0.3) is 0 Å². The molecule has 1 aromatic carbocycles. The summed E-state index contributed by atoms with van der Waals surface area (Å²) < 4.78 is 35.1. The zero-order valence-electron chi connectivity index (χ0n) is 13.7. The number of sulfone groups is 1. The number of benzene rings is 1. The summed E-state index contributed by atoms with van der Waals surface area (Å²) in [6, 6.07) is 7.15. The minimum Gasteiger partial charge on any atom is -0.467 e. The van der Waals surface area contributed by atoms with Crippen LogP contribution in [0.1, 0.15) is 12.8 Å². The van der Waals surface area contributed by atoms with E-state index < -0.39 is 27.1 Å². The van der Waals surface area contributed by atoms with Gasteiger partial charge in [-0.3, -0.25) is 4.79 Å². The van der Waals surface area contributed by atoms with Gasteiger partial charge in [0, 0.05) is 13.7 Å². The first-order chi connectivity index (χ1) is 11.4. The third-order valence-corrected chi connectivity index (χ3v) is 6.24. The Hall–Kier alpha value is -1.93. The molecule has 0 aliphatic carbocycles. The molecule has 0 spiro atoms. The highest BCUT2D eigenvalue weighted by atomic mass is 32.2. The quantitative estimate of drug-likeness (QED) is 0.696. The maximum Gasteiger partial charge on any atom is 0.328 e. The van der Waals surface area contributed by atoms with E-state index in [1.54, 1.807) is 18.2 Å². The summed E-state index contributed by atoms with van der Waals surface area (Å²) in [6.07, 6.45) is 0.116. The van der Waals surface area contributed by atoms with Crippen LogP contribution in [0.15, 0.2) is 35.2 Å². The molecule has 0 radical (unpaired) electrons. The molecule has 0 bridgehead atoms. The molecule has 2 rings (SSSR count). The van der Waals surface area contributed by atoms with Crippen LogP contribution < -0.4 is 0 Å². The van der Waals surface area contributed by atoms with E-state index in [0.29, 0.717) is 0 Å². The molecular formula is C16H21NO6S. The fourth-order valence-corrected chi connectivity index (χ4v) is 4.51. The Morgan fingerprint density at radius 2 is 1.88 bits per heavy atom. The zero-order valence-corrected chi connectivity index (χ0v) is 14.5. The van der Waals surface area contributed by atoms with Gasteiger partial charge >= 0.3 is 5.97 Å². The number of hydrogen-bond acceptors (Lipinski definition) is 6. The SMILES string of the molecule is COCCC(=O)N1C[C@H](S(=O)(=O)c2ccccc2)C[C@H]1C(=O)OC. The van der Waals surface area contributed by atoms with Crippen LogP contribution in [-0.4, -0.2) is 63.9 Å². The summed E-state index contributed by atoms with van der Waals surface area (Å²) in [5.41, 5.74) is 0. The molecule has 1 saturated heterocycles. The minimum atomic E-state index is -3.63. The van der Waals surface area contributed by atoms with Crippen LogP contribution in [0.3, 0.4) is 0 Å². The summed E-state index contributed by atoms with van der Waals surface area (Å²) >= 11 is 0. The average Bonchev–Trinajstić information content (AvgIpc) is 3.06. The molecule has 2 atom stereocenters. The van der Waals surface area contributed by atoms with E-state index in [2.05, 4.69) is 0 Å². The Bertz CT molecular complexity index is 688. The molecule has 1 fully saturated rings. The number of amides is 1. The predicted molar refractivity (Wildman–Crippen MR) is 86.0 cm³/mol. The number of carbonyl (C=O) groups excluding carboxylic acids is 2. The molecule has 132 valence electrons. The maximum atomic E-state index is 12.8. The van der Waals surface area contributed by atoms with Gasteiger partial charge in [0.2, 0.25) is 5.91 Å². The largest absolute Gasteiger partial charge is 0.467 e. The monoisotopic (exact) mass is 355 g/mol. The minimum absolute atomic E-state index is 0.0282. The lowest BCUT2D eigenvalue weighted by molar-refractivity contribution is -0.151. The summed E-state index contributed by atoms with van der Waals surface area (Å²) in [7, 11) is -0.942. The number of likely N-dealkylation sites (tertiary alicyclic amines) is 1. The van der Waals surface area contributed by atoms with Crippen molar-refractivity contribution in [2.45, 2.75) is 29.0 Å². The second-order valence-electron chi connectivity index (χ2n) is 5.54. The van der Waals surface area contributed by atoms with Gasteiger partial charge in [-0.05, 0) is 18.6 Å². The van der Waals surface area contributed by atoms with Crippen molar-refractivity contribution in [2.24, 2.45) is 0 Å². The number of methoxy groups -OCH3 is 2. The van der Waals surface area contributed by atoms with Crippen molar-refractivity contribution in [1.82, 2.24) is 4.90 Å². The molecule has 0 unspecified atom stereocenters. The first-order valence-corrected chi connectivity index (χ1v) is 9.11. The van der Waals surface area contributed by atoms with Crippen LogP contribution in [0.4, 0.5) is 0 Å². The maximum absolute atomic E-state index is 12.8. The Labute approximate surface area is 141 Å². The molecule has 8 heteroatoms. The van der Waals surface area contributed by atoms with Crippen molar-refractivity contribution < 1.29 is 27.5 Å². The van der Waals surface area contributed by atoms with E-state index in [-0.39, 0.29) is 36.8 Å². The standard InChI is InChI=1S/C16H21NO6S/c1-22-9-8-15(18)17-11-13(10-14(17)16(19)23-2)24(20,21)12-6-4-3-5-7-12/h3-7,13-14H,8-11H2,1-2H3/t13-,14+/m1/s1. The van der Waals surface area contributed by atoms with Crippen molar-refractivity contribution in [2.75, 3.05) is 27.4 Å². The number of esters is 1. The second kappa shape index (κ2) is 7.76. The Kier molecular flexibility index (Phi) is 5.95. The molecule has 1 aliphatic heterocycles. The molecule has 24 heavy (non-hydrogen) atoms. The fraction of sp³-hybridized carbons (Fsp3) is 0.500. The van der Waals surface area contributed by atoms with Crippen LogP contribution >= 0.6 is 0 Å². The van der Waals surface area contributed by atoms with E-state index in [4.69, 9.17) is 9.47 Å². The van der Waals surface area contributed by atoms with Crippen LogP contribution in [-0.2, 0) is 28.9 Å². The molecule has 1 amide bonds. The van der Waals surface area contributed by atoms with E-state index in [1.807, 2.05) is 0 Å². The van der Waals surface area contributed by atoms with Crippen molar-refractivity contribution in [3.63, 3.8) is 0 Å². The highest BCUT2D eigenvalue weighted by molar-refractivity contribution is 7.92. The third-order valence-electron chi connectivity index (χ3n) is 4.09. The topological polar surface area (TPSA) is 90.0 Å². The van der Waals surface area contributed by atoms with Gasteiger partial charge in [0.05, 0.1) is 30.3 Å². The van der Waals surface area contributed by atoms with Crippen LogP contribution in [0, 0.1) is 0 Å². The van der Waals surface area contributed by atoms with Crippen molar-refractivity contribution in [1.29, 1.82) is 0 Å². The lowest BCUT2D eigenvalue weighted by atomic mass is 10.2. The van der Waals surface area contributed by atoms with Crippen molar-refractivity contribution in [3.8, 4) is 0 Å². The van der Waals surface area contributed by atoms with Crippen LogP contribution in [0.5, 0.6) is 0 Å². The summed E-state index contributed by atoms with van der Waals surface area (Å²) in [5.74, 6) is -0.926. The van der Waals surface area contributed by atoms with E-state index in [1.165, 1.54) is 31.3 Å². The van der Waals surface area contributed by atoms with Crippen molar-refractivity contribution in [3.05, 3.63) is 30.3 Å². The Morgan fingerprint density at radius 3 is 2.46 bits per heavy atom.